The third kappa shape index (κ3) is 3.40. The summed E-state index contributed by atoms with van der Waals surface area (Å²) in [6, 6.07) is 0.138. The van der Waals surface area contributed by atoms with Gasteiger partial charge in [0.2, 0.25) is 0 Å². The minimum Gasteiger partial charge on any atom is -0.374 e. The van der Waals surface area contributed by atoms with E-state index >= 15 is 0 Å². The van der Waals surface area contributed by atoms with Crippen molar-refractivity contribution in [2.24, 2.45) is 18.8 Å². The van der Waals surface area contributed by atoms with Gasteiger partial charge >= 0.3 is 0 Å². The molecule has 1 aliphatic carbocycles. The lowest BCUT2D eigenvalue weighted by Crippen LogP contribution is -2.57. The van der Waals surface area contributed by atoms with Crippen LogP contribution in [-0.2, 0) is 18.2 Å². The highest BCUT2D eigenvalue weighted by atomic mass is 16.5. The first kappa shape index (κ1) is 15.5. The third-order valence-electron chi connectivity index (χ3n) is 4.59. The molecule has 0 aliphatic heterocycles. The monoisotopic (exact) mass is 280 g/mol. The van der Waals surface area contributed by atoms with Crippen molar-refractivity contribution in [2.45, 2.75) is 57.6 Å². The van der Waals surface area contributed by atoms with Crippen LogP contribution >= 0.6 is 0 Å². The number of hydrazine groups is 1. The average molecular weight is 280 g/mol. The second-order valence-corrected chi connectivity index (χ2v) is 6.13. The van der Waals surface area contributed by atoms with E-state index in [4.69, 9.17) is 10.6 Å². The number of aryl methyl sites for hydroxylation is 1. The van der Waals surface area contributed by atoms with Crippen molar-refractivity contribution >= 4 is 0 Å². The van der Waals surface area contributed by atoms with Gasteiger partial charge in [-0.1, -0.05) is 6.92 Å². The number of aromatic nitrogens is 2. The van der Waals surface area contributed by atoms with Gasteiger partial charge in [-0.25, -0.2) is 0 Å². The van der Waals surface area contributed by atoms with Crippen molar-refractivity contribution < 1.29 is 4.74 Å². The molecular weight excluding hydrogens is 252 g/mol. The van der Waals surface area contributed by atoms with E-state index in [1.54, 1.807) is 0 Å². The van der Waals surface area contributed by atoms with Gasteiger partial charge in [0, 0.05) is 19.9 Å². The number of nitrogens with one attached hydrogen (secondary N) is 1. The molecule has 1 unspecified atom stereocenters. The summed E-state index contributed by atoms with van der Waals surface area (Å²) in [6.45, 7) is 5.12. The Balaban J connectivity index is 2.12. The molecule has 1 heterocycles. The standard InChI is InChI=1S/C15H28N4O/c1-4-20-15(7-5-12(2)6-8-15)14(18-16)9-13-10-17-19(3)11-13/h10-12,14,18H,4-9,16H2,1-3H3. The zero-order valence-electron chi connectivity index (χ0n) is 12.9. The number of hydrogen-bond donors (Lipinski definition) is 2. The summed E-state index contributed by atoms with van der Waals surface area (Å²) in [6.07, 6.45) is 9.41. The number of nitrogens with zero attached hydrogens (tertiary/aromatic N) is 2. The Labute approximate surface area is 121 Å². The molecule has 0 amide bonds. The van der Waals surface area contributed by atoms with Gasteiger partial charge in [0.05, 0.1) is 17.8 Å². The van der Waals surface area contributed by atoms with Gasteiger partial charge in [-0.15, -0.1) is 0 Å². The second kappa shape index (κ2) is 6.70. The highest BCUT2D eigenvalue weighted by Crippen LogP contribution is 2.38. The zero-order chi connectivity index (χ0) is 14.6. The van der Waals surface area contributed by atoms with Gasteiger partial charge in [-0.05, 0) is 50.5 Å². The molecular formula is C15H28N4O. The summed E-state index contributed by atoms with van der Waals surface area (Å²) in [5.41, 5.74) is 4.08. The number of hydrogen-bond acceptors (Lipinski definition) is 4. The maximum Gasteiger partial charge on any atom is 0.0851 e. The molecule has 1 aromatic heterocycles. The van der Waals surface area contributed by atoms with E-state index in [2.05, 4.69) is 30.6 Å². The summed E-state index contributed by atoms with van der Waals surface area (Å²) < 4.78 is 8.01. The fourth-order valence-electron chi connectivity index (χ4n) is 3.34. The van der Waals surface area contributed by atoms with E-state index in [9.17, 15) is 0 Å². The van der Waals surface area contributed by atoms with Crippen LogP contribution in [0.25, 0.3) is 0 Å². The van der Waals surface area contributed by atoms with Gasteiger partial charge in [0.15, 0.2) is 0 Å². The van der Waals surface area contributed by atoms with Crippen LogP contribution in [0.3, 0.4) is 0 Å². The maximum atomic E-state index is 6.18. The van der Waals surface area contributed by atoms with Gasteiger partial charge in [0.1, 0.15) is 0 Å². The minimum absolute atomic E-state index is 0.133. The van der Waals surface area contributed by atoms with Crippen molar-refractivity contribution in [3.05, 3.63) is 18.0 Å². The van der Waals surface area contributed by atoms with Crippen LogP contribution in [0, 0.1) is 5.92 Å². The van der Waals surface area contributed by atoms with Crippen LogP contribution in [0.1, 0.15) is 45.1 Å². The molecule has 1 atom stereocenters. The Bertz CT molecular complexity index is 410. The molecule has 20 heavy (non-hydrogen) atoms. The van der Waals surface area contributed by atoms with Crippen LogP contribution in [0.15, 0.2) is 12.4 Å². The Hall–Kier alpha value is -0.910. The SMILES string of the molecule is CCOC1(C(Cc2cnn(C)c2)NN)CCC(C)CC1. The summed E-state index contributed by atoms with van der Waals surface area (Å²) in [4.78, 5) is 0. The largest absolute Gasteiger partial charge is 0.374 e. The molecule has 2 rings (SSSR count). The molecule has 0 radical (unpaired) electrons. The van der Waals surface area contributed by atoms with Crippen LogP contribution in [-0.4, -0.2) is 28.0 Å². The van der Waals surface area contributed by atoms with Gasteiger partial charge < -0.3 is 4.74 Å². The highest BCUT2D eigenvalue weighted by Gasteiger charge is 2.41. The van der Waals surface area contributed by atoms with Crippen molar-refractivity contribution in [1.29, 1.82) is 0 Å². The predicted molar refractivity (Wildman–Crippen MR) is 80.0 cm³/mol. The lowest BCUT2D eigenvalue weighted by molar-refractivity contribution is -0.0961. The Morgan fingerprint density at radius 3 is 2.75 bits per heavy atom. The van der Waals surface area contributed by atoms with E-state index in [1.165, 1.54) is 18.4 Å². The Kier molecular flexibility index (Phi) is 5.18. The molecule has 0 aromatic carbocycles. The molecule has 1 aliphatic rings. The smallest absolute Gasteiger partial charge is 0.0851 e. The van der Waals surface area contributed by atoms with E-state index in [-0.39, 0.29) is 11.6 Å². The predicted octanol–water partition coefficient (Wildman–Crippen LogP) is 1.78. The highest BCUT2D eigenvalue weighted by molar-refractivity contribution is 5.10. The first-order valence-corrected chi connectivity index (χ1v) is 7.67. The minimum atomic E-state index is -0.133. The first-order chi connectivity index (χ1) is 9.59. The number of ether oxygens (including phenoxy) is 1. The van der Waals surface area contributed by atoms with Crippen molar-refractivity contribution in [3.8, 4) is 0 Å². The van der Waals surface area contributed by atoms with Crippen molar-refractivity contribution in [2.75, 3.05) is 6.61 Å². The fourth-order valence-corrected chi connectivity index (χ4v) is 3.34. The number of nitrogens with two attached hydrogens (primary N) is 1. The lowest BCUT2D eigenvalue weighted by atomic mass is 9.74. The molecule has 0 spiro atoms. The van der Waals surface area contributed by atoms with Gasteiger partial charge in [-0.3, -0.25) is 16.0 Å². The average Bonchev–Trinajstić information content (AvgIpc) is 2.85. The molecule has 114 valence electrons. The van der Waals surface area contributed by atoms with Crippen LogP contribution in [0.5, 0.6) is 0 Å². The zero-order valence-corrected chi connectivity index (χ0v) is 12.9. The van der Waals surface area contributed by atoms with Crippen LogP contribution in [0.2, 0.25) is 0 Å². The molecule has 5 nitrogen and oxygen atoms in total. The van der Waals surface area contributed by atoms with E-state index in [0.717, 1.165) is 31.8 Å². The molecule has 0 saturated heterocycles. The maximum absolute atomic E-state index is 6.18. The molecule has 3 N–H and O–H groups in total. The van der Waals surface area contributed by atoms with Crippen molar-refractivity contribution in [1.82, 2.24) is 15.2 Å². The quantitative estimate of drug-likeness (QED) is 0.616. The van der Waals surface area contributed by atoms with Gasteiger partial charge in [0.25, 0.3) is 0 Å². The van der Waals surface area contributed by atoms with Crippen LogP contribution < -0.4 is 11.3 Å². The van der Waals surface area contributed by atoms with Gasteiger partial charge in [-0.2, -0.15) is 5.10 Å². The third-order valence-corrected chi connectivity index (χ3v) is 4.59. The molecule has 1 aromatic rings. The van der Waals surface area contributed by atoms with E-state index in [1.807, 2.05) is 17.9 Å². The summed E-state index contributed by atoms with van der Waals surface area (Å²) in [5.74, 6) is 6.64. The lowest BCUT2D eigenvalue weighted by Gasteiger charge is -2.44. The molecule has 1 fully saturated rings. The summed E-state index contributed by atoms with van der Waals surface area (Å²) >= 11 is 0. The van der Waals surface area contributed by atoms with Crippen molar-refractivity contribution in [3.63, 3.8) is 0 Å². The van der Waals surface area contributed by atoms with Crippen LogP contribution in [0.4, 0.5) is 0 Å². The van der Waals surface area contributed by atoms with E-state index in [0.29, 0.717) is 0 Å². The molecule has 1 saturated carbocycles. The fraction of sp³-hybridized carbons (Fsp3) is 0.800. The normalized spacial score (nSPS) is 28.5. The summed E-state index contributed by atoms with van der Waals surface area (Å²) in [5, 5.41) is 4.24. The first-order valence-electron chi connectivity index (χ1n) is 7.67. The molecule has 0 bridgehead atoms. The Morgan fingerprint density at radius 1 is 1.55 bits per heavy atom. The molecule has 5 heteroatoms. The number of rotatable bonds is 6. The topological polar surface area (TPSA) is 65.1 Å². The second-order valence-electron chi connectivity index (χ2n) is 6.13. The Morgan fingerprint density at radius 2 is 2.25 bits per heavy atom. The summed E-state index contributed by atoms with van der Waals surface area (Å²) in [7, 11) is 1.94. The van der Waals surface area contributed by atoms with E-state index < -0.39 is 0 Å².